The van der Waals surface area contributed by atoms with Gasteiger partial charge in [-0.1, -0.05) is 12.1 Å². The van der Waals surface area contributed by atoms with Crippen molar-refractivity contribution >= 4 is 17.0 Å². The molecule has 21 heavy (non-hydrogen) atoms. The van der Waals surface area contributed by atoms with Crippen molar-refractivity contribution in [3.05, 3.63) is 45.7 Å². The third kappa shape index (κ3) is 2.95. The Morgan fingerprint density at radius 2 is 1.95 bits per heavy atom. The lowest BCUT2D eigenvalue weighted by Gasteiger charge is -2.08. The van der Waals surface area contributed by atoms with Crippen LogP contribution in [0.4, 0.5) is 5.69 Å². The summed E-state index contributed by atoms with van der Waals surface area (Å²) >= 11 is 1.71. The summed E-state index contributed by atoms with van der Waals surface area (Å²) in [7, 11) is 0. The number of thiazole rings is 1. The monoisotopic (exact) mass is 300 g/mol. The first-order valence-electron chi connectivity index (χ1n) is 6.70. The molecule has 0 atom stereocenters. The summed E-state index contributed by atoms with van der Waals surface area (Å²) in [6.45, 7) is 6.58. The lowest BCUT2D eigenvalue weighted by Crippen LogP contribution is -2.00. The van der Waals surface area contributed by atoms with Gasteiger partial charge in [0.1, 0.15) is 0 Å². The molecule has 0 saturated heterocycles. The van der Waals surface area contributed by atoms with Gasteiger partial charge in [-0.3, -0.25) is 0 Å². The molecule has 0 bridgehead atoms. The predicted octanol–water partition coefficient (Wildman–Crippen LogP) is 3.73. The number of aromatic nitrogens is 3. The normalized spacial score (nSPS) is 10.8. The number of rotatable bonds is 4. The lowest BCUT2D eigenvalue weighted by atomic mass is 10.1. The Labute approximate surface area is 127 Å². The summed E-state index contributed by atoms with van der Waals surface area (Å²) in [6.07, 6.45) is 0. The van der Waals surface area contributed by atoms with Gasteiger partial charge in [0.25, 0.3) is 0 Å². The first-order valence-corrected chi connectivity index (χ1v) is 7.51. The van der Waals surface area contributed by atoms with Crippen molar-refractivity contribution in [1.82, 2.24) is 15.2 Å². The second kappa shape index (κ2) is 5.65. The van der Waals surface area contributed by atoms with Gasteiger partial charge >= 0.3 is 0 Å². The fourth-order valence-corrected chi connectivity index (χ4v) is 3.02. The molecule has 108 valence electrons. The number of para-hydroxylation sites is 1. The van der Waals surface area contributed by atoms with Gasteiger partial charge in [-0.15, -0.1) is 21.5 Å². The van der Waals surface area contributed by atoms with Crippen LogP contribution in [0.15, 0.2) is 28.7 Å². The minimum absolute atomic E-state index is 0.535. The molecule has 0 fully saturated rings. The van der Waals surface area contributed by atoms with Crippen LogP contribution in [0.3, 0.4) is 0 Å². The van der Waals surface area contributed by atoms with Crippen LogP contribution < -0.4 is 5.32 Å². The number of anilines is 1. The van der Waals surface area contributed by atoms with Crippen molar-refractivity contribution in [3.63, 3.8) is 0 Å². The smallest absolute Gasteiger partial charge is 0.249 e. The molecule has 3 aromatic rings. The van der Waals surface area contributed by atoms with Gasteiger partial charge in [0, 0.05) is 17.5 Å². The number of hydrogen-bond acceptors (Lipinski definition) is 6. The summed E-state index contributed by atoms with van der Waals surface area (Å²) in [5.41, 5.74) is 2.97. The van der Waals surface area contributed by atoms with Crippen LogP contribution in [-0.2, 0) is 6.54 Å². The molecule has 0 aliphatic rings. The third-order valence-electron chi connectivity index (χ3n) is 3.12. The Morgan fingerprint density at radius 3 is 2.62 bits per heavy atom. The third-order valence-corrected chi connectivity index (χ3v) is 4.20. The summed E-state index contributed by atoms with van der Waals surface area (Å²) < 4.78 is 5.52. The Kier molecular flexibility index (Phi) is 3.70. The summed E-state index contributed by atoms with van der Waals surface area (Å²) in [5, 5.41) is 12.5. The van der Waals surface area contributed by atoms with E-state index in [0.29, 0.717) is 11.8 Å². The maximum absolute atomic E-state index is 5.52. The predicted molar refractivity (Wildman–Crippen MR) is 83.4 cm³/mol. The topological polar surface area (TPSA) is 63.8 Å². The lowest BCUT2D eigenvalue weighted by molar-refractivity contribution is 0.533. The van der Waals surface area contributed by atoms with Gasteiger partial charge in [-0.05, 0) is 26.0 Å². The van der Waals surface area contributed by atoms with Crippen LogP contribution in [0.2, 0.25) is 0 Å². The highest BCUT2D eigenvalue weighted by Gasteiger charge is 2.11. The summed E-state index contributed by atoms with van der Waals surface area (Å²) in [6, 6.07) is 7.93. The van der Waals surface area contributed by atoms with Gasteiger partial charge < -0.3 is 9.73 Å². The van der Waals surface area contributed by atoms with E-state index in [0.717, 1.165) is 28.5 Å². The molecule has 0 aliphatic heterocycles. The number of nitrogens with one attached hydrogen (secondary N) is 1. The average molecular weight is 300 g/mol. The maximum atomic E-state index is 5.52. The second-order valence-electron chi connectivity index (χ2n) is 4.77. The molecule has 6 heteroatoms. The van der Waals surface area contributed by atoms with Crippen LogP contribution in [0.25, 0.3) is 11.5 Å². The van der Waals surface area contributed by atoms with Crippen LogP contribution >= 0.6 is 11.3 Å². The fraction of sp³-hybridized carbons (Fsp3) is 0.267. The molecule has 5 nitrogen and oxygen atoms in total. The molecule has 0 saturated carbocycles. The minimum Gasteiger partial charge on any atom is -0.421 e. The standard InChI is InChI=1S/C15H16N4OS/c1-9-14(21-11(3)17-9)8-16-13-7-5-4-6-12(13)15-19-18-10(2)20-15/h4-7,16H,8H2,1-3H3. The SMILES string of the molecule is Cc1nnc(-c2ccccc2NCc2sc(C)nc2C)o1. The number of aryl methyl sites for hydroxylation is 3. The van der Waals surface area contributed by atoms with Crippen LogP contribution in [0.5, 0.6) is 0 Å². The molecular weight excluding hydrogens is 284 g/mol. The Morgan fingerprint density at radius 1 is 1.14 bits per heavy atom. The van der Waals surface area contributed by atoms with E-state index in [1.807, 2.05) is 38.1 Å². The molecule has 0 aliphatic carbocycles. The van der Waals surface area contributed by atoms with Gasteiger partial charge in [0.15, 0.2) is 0 Å². The Balaban J connectivity index is 1.84. The van der Waals surface area contributed by atoms with Gasteiger partial charge in [0.2, 0.25) is 11.8 Å². The van der Waals surface area contributed by atoms with E-state index in [-0.39, 0.29) is 0 Å². The van der Waals surface area contributed by atoms with E-state index < -0.39 is 0 Å². The van der Waals surface area contributed by atoms with E-state index in [9.17, 15) is 0 Å². The fourth-order valence-electron chi connectivity index (χ4n) is 2.14. The zero-order chi connectivity index (χ0) is 14.8. The van der Waals surface area contributed by atoms with Crippen molar-refractivity contribution in [1.29, 1.82) is 0 Å². The molecule has 0 amide bonds. The average Bonchev–Trinajstić information content (AvgIpc) is 3.02. The second-order valence-corrected chi connectivity index (χ2v) is 6.05. The first kappa shape index (κ1) is 13.8. The summed E-state index contributed by atoms with van der Waals surface area (Å²) in [4.78, 5) is 5.68. The van der Waals surface area contributed by atoms with Gasteiger partial charge in [-0.25, -0.2) is 4.98 Å². The largest absolute Gasteiger partial charge is 0.421 e. The molecular formula is C15H16N4OS. The van der Waals surface area contributed by atoms with Crippen molar-refractivity contribution < 1.29 is 4.42 Å². The zero-order valence-electron chi connectivity index (χ0n) is 12.2. The Hall–Kier alpha value is -2.21. The van der Waals surface area contributed by atoms with E-state index in [2.05, 4.69) is 20.5 Å². The highest BCUT2D eigenvalue weighted by molar-refractivity contribution is 7.11. The van der Waals surface area contributed by atoms with Crippen LogP contribution in [0.1, 0.15) is 21.5 Å². The molecule has 0 spiro atoms. The molecule has 2 heterocycles. The van der Waals surface area contributed by atoms with Crippen LogP contribution in [0, 0.1) is 20.8 Å². The quantitative estimate of drug-likeness (QED) is 0.795. The number of benzene rings is 1. The molecule has 2 aromatic heterocycles. The highest BCUT2D eigenvalue weighted by Crippen LogP contribution is 2.28. The molecule has 0 radical (unpaired) electrons. The van der Waals surface area contributed by atoms with E-state index in [1.165, 1.54) is 4.88 Å². The van der Waals surface area contributed by atoms with Crippen LogP contribution in [-0.4, -0.2) is 15.2 Å². The van der Waals surface area contributed by atoms with Crippen molar-refractivity contribution in [2.24, 2.45) is 0 Å². The highest BCUT2D eigenvalue weighted by atomic mass is 32.1. The van der Waals surface area contributed by atoms with Crippen molar-refractivity contribution in [3.8, 4) is 11.5 Å². The Bertz CT molecular complexity index is 763. The van der Waals surface area contributed by atoms with E-state index >= 15 is 0 Å². The molecule has 0 unspecified atom stereocenters. The number of nitrogens with zero attached hydrogens (tertiary/aromatic N) is 3. The summed E-state index contributed by atoms with van der Waals surface area (Å²) in [5.74, 6) is 1.10. The van der Waals surface area contributed by atoms with Gasteiger partial charge in [0.05, 0.1) is 22.8 Å². The number of hydrogen-bond donors (Lipinski definition) is 1. The van der Waals surface area contributed by atoms with Crippen molar-refractivity contribution in [2.45, 2.75) is 27.3 Å². The first-order chi connectivity index (χ1) is 10.1. The molecule has 3 rings (SSSR count). The van der Waals surface area contributed by atoms with E-state index in [1.54, 1.807) is 18.3 Å². The maximum Gasteiger partial charge on any atom is 0.249 e. The van der Waals surface area contributed by atoms with Crippen molar-refractivity contribution in [2.75, 3.05) is 5.32 Å². The van der Waals surface area contributed by atoms with E-state index in [4.69, 9.17) is 4.42 Å². The zero-order valence-corrected chi connectivity index (χ0v) is 13.0. The molecule has 1 aromatic carbocycles. The van der Waals surface area contributed by atoms with Gasteiger partial charge in [-0.2, -0.15) is 0 Å². The molecule has 1 N–H and O–H groups in total. The minimum atomic E-state index is 0.535.